The van der Waals surface area contributed by atoms with Gasteiger partial charge in [0.2, 0.25) is 0 Å². The van der Waals surface area contributed by atoms with Crippen LogP contribution in [0.25, 0.3) is 10.9 Å². The third-order valence-corrected chi connectivity index (χ3v) is 10.3. The first-order valence-corrected chi connectivity index (χ1v) is 14.8. The number of piperazine rings is 1. The molecule has 2 aliphatic heterocycles. The van der Waals surface area contributed by atoms with Gasteiger partial charge in [-0.2, -0.15) is 5.26 Å². The molecule has 3 aromatic rings. The van der Waals surface area contributed by atoms with E-state index < -0.39 is 0 Å². The molecular formula is C33H39N5O2. The summed E-state index contributed by atoms with van der Waals surface area (Å²) in [6.07, 6.45) is 8.52. The summed E-state index contributed by atoms with van der Waals surface area (Å²) in [7, 11) is 1.76. The van der Waals surface area contributed by atoms with Crippen molar-refractivity contribution in [3.05, 3.63) is 64.8 Å². The number of likely N-dealkylation sites (tertiary alicyclic amines) is 1. The van der Waals surface area contributed by atoms with Gasteiger partial charge in [0.25, 0.3) is 5.91 Å². The van der Waals surface area contributed by atoms with Crippen LogP contribution in [0.1, 0.15) is 71.6 Å². The third kappa shape index (κ3) is 4.38. The number of ether oxygens (including phenoxy) is 1. The number of nitrogens with one attached hydrogen (secondary N) is 2. The molecule has 4 fully saturated rings. The Kier molecular flexibility index (Phi) is 6.17. The van der Waals surface area contributed by atoms with E-state index in [1.54, 1.807) is 7.11 Å². The fourth-order valence-corrected chi connectivity index (χ4v) is 7.77. The lowest BCUT2D eigenvalue weighted by atomic mass is 9.56. The third-order valence-electron chi connectivity index (χ3n) is 10.3. The molecule has 0 unspecified atom stereocenters. The number of amides is 1. The highest BCUT2D eigenvalue weighted by molar-refractivity contribution is 5.94. The molecule has 2 aromatic carbocycles. The minimum atomic E-state index is 0.145. The maximum Gasteiger partial charge on any atom is 0.253 e. The van der Waals surface area contributed by atoms with Crippen molar-refractivity contribution in [2.75, 3.05) is 33.3 Å². The van der Waals surface area contributed by atoms with Gasteiger partial charge in [-0.1, -0.05) is 12.1 Å². The predicted molar refractivity (Wildman–Crippen MR) is 155 cm³/mol. The summed E-state index contributed by atoms with van der Waals surface area (Å²) in [5.74, 6) is 1.27. The number of hydrogen-bond acceptors (Lipinski definition) is 5. The number of aromatic amines is 1. The molecule has 208 valence electrons. The average molecular weight is 538 g/mol. The van der Waals surface area contributed by atoms with Crippen molar-refractivity contribution in [3.8, 4) is 11.8 Å². The van der Waals surface area contributed by atoms with Gasteiger partial charge in [-0.05, 0) is 92.8 Å². The normalized spacial score (nSPS) is 27.5. The fourth-order valence-electron chi connectivity index (χ4n) is 7.77. The second-order valence-electron chi connectivity index (χ2n) is 12.9. The van der Waals surface area contributed by atoms with Gasteiger partial charge in [0, 0.05) is 71.9 Å². The minimum Gasteiger partial charge on any atom is -0.496 e. The molecule has 3 heterocycles. The van der Waals surface area contributed by atoms with Crippen LogP contribution in [0.2, 0.25) is 0 Å². The number of aryl methyl sites for hydroxylation is 1. The van der Waals surface area contributed by atoms with Crippen molar-refractivity contribution in [2.24, 2.45) is 11.3 Å². The van der Waals surface area contributed by atoms with Gasteiger partial charge in [-0.25, -0.2) is 0 Å². The van der Waals surface area contributed by atoms with Crippen LogP contribution in [0, 0.1) is 29.6 Å². The lowest BCUT2D eigenvalue weighted by Gasteiger charge is -2.53. The van der Waals surface area contributed by atoms with Crippen molar-refractivity contribution >= 4 is 16.8 Å². The van der Waals surface area contributed by atoms with E-state index in [4.69, 9.17) is 4.74 Å². The van der Waals surface area contributed by atoms with Crippen LogP contribution in [0.4, 0.5) is 0 Å². The highest BCUT2D eigenvalue weighted by Crippen LogP contribution is 2.57. The Morgan fingerprint density at radius 2 is 1.93 bits per heavy atom. The van der Waals surface area contributed by atoms with E-state index in [2.05, 4.69) is 52.5 Å². The molecule has 0 radical (unpaired) electrons. The number of benzene rings is 2. The van der Waals surface area contributed by atoms with Crippen molar-refractivity contribution in [2.45, 2.75) is 63.6 Å². The van der Waals surface area contributed by atoms with Crippen LogP contribution in [0.3, 0.4) is 0 Å². The number of rotatable bonds is 5. The molecule has 2 aliphatic carbocycles. The summed E-state index contributed by atoms with van der Waals surface area (Å²) in [5, 5.41) is 14.3. The number of methoxy groups -OCH3 is 1. The summed E-state index contributed by atoms with van der Waals surface area (Å²) in [6, 6.07) is 15.5. The Morgan fingerprint density at radius 1 is 1.12 bits per heavy atom. The molecule has 4 aliphatic rings. The zero-order chi connectivity index (χ0) is 27.5. The second-order valence-corrected chi connectivity index (χ2v) is 12.9. The quantitative estimate of drug-likeness (QED) is 0.460. The zero-order valence-corrected chi connectivity index (χ0v) is 23.6. The average Bonchev–Trinajstić information content (AvgIpc) is 3.50. The molecule has 1 amide bonds. The number of piperidine rings is 1. The predicted octanol–water partition coefficient (Wildman–Crippen LogP) is 5.32. The molecule has 7 nitrogen and oxygen atoms in total. The Balaban J connectivity index is 1.17. The summed E-state index contributed by atoms with van der Waals surface area (Å²) in [4.78, 5) is 21.4. The number of nitriles is 1. The van der Waals surface area contributed by atoms with Crippen LogP contribution >= 0.6 is 0 Å². The van der Waals surface area contributed by atoms with Crippen molar-refractivity contribution in [1.82, 2.24) is 20.1 Å². The molecule has 2 saturated heterocycles. The first kappa shape index (κ1) is 25.6. The lowest BCUT2D eigenvalue weighted by Crippen LogP contribution is -2.54. The monoisotopic (exact) mass is 537 g/mol. The van der Waals surface area contributed by atoms with Crippen molar-refractivity contribution in [3.63, 3.8) is 0 Å². The number of hydrogen-bond donors (Lipinski definition) is 2. The molecule has 7 rings (SSSR count). The Labute approximate surface area is 236 Å². The van der Waals surface area contributed by atoms with Gasteiger partial charge in [0.15, 0.2) is 0 Å². The highest BCUT2D eigenvalue weighted by atomic mass is 16.5. The molecule has 2 saturated carbocycles. The lowest BCUT2D eigenvalue weighted by molar-refractivity contribution is -0.0298. The summed E-state index contributed by atoms with van der Waals surface area (Å²) >= 11 is 0. The molecule has 1 aromatic heterocycles. The maximum absolute atomic E-state index is 13.4. The first-order chi connectivity index (χ1) is 19.4. The first-order valence-electron chi connectivity index (χ1n) is 14.8. The van der Waals surface area contributed by atoms with Crippen LogP contribution in [0.15, 0.2) is 42.6 Å². The van der Waals surface area contributed by atoms with Crippen LogP contribution in [-0.2, 0) is 6.54 Å². The van der Waals surface area contributed by atoms with E-state index in [1.807, 2.05) is 23.2 Å². The van der Waals surface area contributed by atoms with E-state index in [-0.39, 0.29) is 28.8 Å². The zero-order valence-electron chi connectivity index (χ0n) is 23.6. The number of carbonyl (C=O) groups is 1. The minimum absolute atomic E-state index is 0.145. The van der Waals surface area contributed by atoms with Crippen LogP contribution < -0.4 is 10.1 Å². The maximum atomic E-state index is 13.4. The van der Waals surface area contributed by atoms with Gasteiger partial charge < -0.3 is 19.9 Å². The molecule has 2 spiro atoms. The van der Waals surface area contributed by atoms with Crippen LogP contribution in [-0.4, -0.2) is 59.5 Å². The number of H-pyrrole nitrogens is 1. The van der Waals surface area contributed by atoms with E-state index in [0.717, 1.165) is 69.7 Å². The summed E-state index contributed by atoms with van der Waals surface area (Å²) in [5.41, 5.74) is 6.03. The number of fused-ring (bicyclic) bond motifs is 1. The Hall–Kier alpha value is -3.34. The van der Waals surface area contributed by atoms with E-state index in [1.165, 1.54) is 40.4 Å². The smallest absolute Gasteiger partial charge is 0.253 e. The molecule has 7 heteroatoms. The fraction of sp³-hybridized carbons (Fsp3) is 0.515. The number of aromatic nitrogens is 1. The Morgan fingerprint density at radius 3 is 2.65 bits per heavy atom. The van der Waals surface area contributed by atoms with Gasteiger partial charge in [-0.3, -0.25) is 9.69 Å². The van der Waals surface area contributed by atoms with E-state index >= 15 is 0 Å². The molecular weight excluding hydrogens is 498 g/mol. The van der Waals surface area contributed by atoms with Gasteiger partial charge in [0.05, 0.1) is 13.2 Å². The van der Waals surface area contributed by atoms with Gasteiger partial charge in [-0.15, -0.1) is 0 Å². The van der Waals surface area contributed by atoms with Gasteiger partial charge in [0.1, 0.15) is 5.75 Å². The molecule has 2 N–H and O–H groups in total. The topological polar surface area (TPSA) is 84.4 Å². The molecule has 0 bridgehead atoms. The van der Waals surface area contributed by atoms with E-state index in [9.17, 15) is 10.1 Å². The summed E-state index contributed by atoms with van der Waals surface area (Å²) < 4.78 is 5.88. The van der Waals surface area contributed by atoms with Crippen LogP contribution in [0.5, 0.6) is 5.75 Å². The standard InChI is InChI=1S/C33H39N5O2/c1-22-15-29(40-2)27(26-7-11-35-30(22)26)20-37-13-10-32(16-23(17-32)19-34)18-28(37)24-3-5-25(6-4-24)31(39)38-14-12-36-33(21-38)8-9-33/h3-7,11,15,23,28,35-36H,8-10,12-14,16-18,20-21H2,1-2H3/t23?,28-,32?/m0/s1. The highest BCUT2D eigenvalue weighted by Gasteiger charge is 2.49. The number of carbonyl (C=O) groups excluding carboxylic acids is 1. The number of nitrogens with zero attached hydrogens (tertiary/aromatic N) is 3. The SMILES string of the molecule is COc1cc(C)c2[nH]ccc2c1CN1CCC2(CC(C#N)C2)C[C@H]1c1ccc(C(=O)N2CCNC3(CC3)C2)cc1. The second kappa shape index (κ2) is 9.64. The van der Waals surface area contributed by atoms with E-state index in [0.29, 0.717) is 0 Å². The van der Waals surface area contributed by atoms with Crippen molar-refractivity contribution < 1.29 is 9.53 Å². The largest absolute Gasteiger partial charge is 0.496 e. The molecule has 1 atom stereocenters. The summed E-state index contributed by atoms with van der Waals surface area (Å²) in [6.45, 7) is 6.36. The van der Waals surface area contributed by atoms with Crippen molar-refractivity contribution in [1.29, 1.82) is 5.26 Å². The van der Waals surface area contributed by atoms with Gasteiger partial charge >= 0.3 is 0 Å². The molecule has 40 heavy (non-hydrogen) atoms. The Bertz CT molecular complexity index is 1470.